The molecule has 0 radical (unpaired) electrons. The number of nitrogens with one attached hydrogen (secondary N) is 1. The lowest BCUT2D eigenvalue weighted by Crippen LogP contribution is -2.17. The van der Waals surface area contributed by atoms with Crippen molar-refractivity contribution < 1.29 is 4.74 Å². The van der Waals surface area contributed by atoms with E-state index in [1.807, 2.05) is 25.1 Å². The van der Waals surface area contributed by atoms with Gasteiger partial charge in [-0.25, -0.2) is 0 Å². The van der Waals surface area contributed by atoms with E-state index in [1.165, 1.54) is 0 Å². The Morgan fingerprint density at radius 3 is 2.83 bits per heavy atom. The molecule has 0 aromatic heterocycles. The first-order valence-electron chi connectivity index (χ1n) is 6.26. The van der Waals surface area contributed by atoms with E-state index < -0.39 is 0 Å². The first kappa shape index (κ1) is 15.0. The average Bonchev–Trinajstić information content (AvgIpc) is 2.38. The molecule has 98 valence electrons. The number of ether oxygens (including phenoxy) is 1. The largest absolute Gasteiger partial charge is 0.475 e. The van der Waals surface area contributed by atoms with Crippen LogP contribution in [0.1, 0.15) is 32.3 Å². The molecule has 1 unspecified atom stereocenters. The second-order valence-electron chi connectivity index (χ2n) is 4.07. The Bertz CT molecular complexity index is 415. The van der Waals surface area contributed by atoms with Crippen LogP contribution in [0.15, 0.2) is 22.7 Å². The topological polar surface area (TPSA) is 45.0 Å². The van der Waals surface area contributed by atoms with Crippen LogP contribution in [0.2, 0.25) is 0 Å². The number of rotatable bonds is 7. The second-order valence-corrected chi connectivity index (χ2v) is 4.99. The molecule has 1 aromatic rings. The zero-order chi connectivity index (χ0) is 13.4. The van der Waals surface area contributed by atoms with E-state index in [4.69, 9.17) is 10.00 Å². The summed E-state index contributed by atoms with van der Waals surface area (Å²) in [6.45, 7) is 5.81. The summed E-state index contributed by atoms with van der Waals surface area (Å²) < 4.78 is 6.73. The van der Waals surface area contributed by atoms with E-state index >= 15 is 0 Å². The summed E-state index contributed by atoms with van der Waals surface area (Å²) in [5, 5.41) is 12.3. The third kappa shape index (κ3) is 4.67. The molecular formula is C14H19BrN2O. The van der Waals surface area contributed by atoms with Crippen LogP contribution in [0.3, 0.4) is 0 Å². The molecule has 0 saturated heterocycles. The molecule has 0 bridgehead atoms. The molecule has 0 heterocycles. The number of nitriles is 1. The van der Waals surface area contributed by atoms with E-state index in [-0.39, 0.29) is 6.10 Å². The summed E-state index contributed by atoms with van der Waals surface area (Å²) in [6, 6.07) is 8.03. The van der Waals surface area contributed by atoms with Gasteiger partial charge in [-0.2, -0.15) is 5.26 Å². The summed E-state index contributed by atoms with van der Waals surface area (Å²) in [4.78, 5) is 0. The Morgan fingerprint density at radius 1 is 1.44 bits per heavy atom. The zero-order valence-corrected chi connectivity index (χ0v) is 12.5. The van der Waals surface area contributed by atoms with Gasteiger partial charge >= 0.3 is 0 Å². The fourth-order valence-electron chi connectivity index (χ4n) is 1.56. The quantitative estimate of drug-likeness (QED) is 0.782. The van der Waals surface area contributed by atoms with E-state index in [9.17, 15) is 0 Å². The molecule has 0 aliphatic rings. The molecular weight excluding hydrogens is 292 g/mol. The van der Waals surface area contributed by atoms with Crippen molar-refractivity contribution in [3.8, 4) is 11.8 Å². The summed E-state index contributed by atoms with van der Waals surface area (Å²) >= 11 is 3.46. The minimum absolute atomic E-state index is 0.379. The van der Waals surface area contributed by atoms with Crippen LogP contribution in [-0.2, 0) is 6.54 Å². The van der Waals surface area contributed by atoms with Gasteiger partial charge in [-0.15, -0.1) is 0 Å². The minimum Gasteiger partial charge on any atom is -0.475 e. The van der Waals surface area contributed by atoms with Gasteiger partial charge in [0, 0.05) is 16.6 Å². The van der Waals surface area contributed by atoms with Gasteiger partial charge in [-0.1, -0.05) is 29.8 Å². The molecule has 4 heteroatoms. The number of halogens is 1. The van der Waals surface area contributed by atoms with Crippen molar-refractivity contribution in [3.05, 3.63) is 28.2 Å². The van der Waals surface area contributed by atoms with Crippen molar-refractivity contribution in [1.29, 1.82) is 5.26 Å². The Morgan fingerprint density at radius 2 is 2.22 bits per heavy atom. The summed E-state index contributed by atoms with van der Waals surface area (Å²) in [5.41, 5.74) is 1.08. The molecule has 0 aliphatic heterocycles. The van der Waals surface area contributed by atoms with E-state index in [0.29, 0.717) is 6.42 Å². The number of nitrogens with zero attached hydrogens (tertiary/aromatic N) is 1. The molecule has 1 rings (SSSR count). The normalized spacial score (nSPS) is 11.9. The van der Waals surface area contributed by atoms with Crippen LogP contribution in [-0.4, -0.2) is 12.6 Å². The van der Waals surface area contributed by atoms with Gasteiger partial charge in [0.2, 0.25) is 0 Å². The maximum Gasteiger partial charge on any atom is 0.184 e. The third-order valence-corrected chi connectivity index (χ3v) is 3.04. The van der Waals surface area contributed by atoms with Crippen LogP contribution in [0, 0.1) is 11.3 Å². The Labute approximate surface area is 117 Å². The monoisotopic (exact) mass is 310 g/mol. The summed E-state index contributed by atoms with van der Waals surface area (Å²) in [7, 11) is 0. The molecule has 0 amide bonds. The third-order valence-electron chi connectivity index (χ3n) is 2.55. The second kappa shape index (κ2) is 8.12. The fraction of sp³-hybridized carbons (Fsp3) is 0.500. The lowest BCUT2D eigenvalue weighted by molar-refractivity contribution is 0.249. The molecule has 0 aliphatic carbocycles. The zero-order valence-electron chi connectivity index (χ0n) is 10.9. The highest BCUT2D eigenvalue weighted by molar-refractivity contribution is 9.10. The number of hydrogen-bond donors (Lipinski definition) is 1. The molecule has 18 heavy (non-hydrogen) atoms. The number of benzene rings is 1. The Kier molecular flexibility index (Phi) is 6.77. The Balaban J connectivity index is 2.79. The van der Waals surface area contributed by atoms with Gasteiger partial charge in [-0.05, 0) is 37.6 Å². The van der Waals surface area contributed by atoms with Gasteiger partial charge in [0.05, 0.1) is 0 Å². The van der Waals surface area contributed by atoms with Crippen molar-refractivity contribution >= 4 is 15.9 Å². The fourth-order valence-corrected chi connectivity index (χ4v) is 1.96. The van der Waals surface area contributed by atoms with Crippen LogP contribution in [0.4, 0.5) is 0 Å². The van der Waals surface area contributed by atoms with E-state index in [1.54, 1.807) is 0 Å². The van der Waals surface area contributed by atoms with Crippen molar-refractivity contribution in [2.45, 2.75) is 39.3 Å². The molecule has 3 nitrogen and oxygen atoms in total. The van der Waals surface area contributed by atoms with Gasteiger partial charge in [-0.3, -0.25) is 0 Å². The Hall–Kier alpha value is -1.05. The van der Waals surface area contributed by atoms with Crippen LogP contribution >= 0.6 is 15.9 Å². The lowest BCUT2D eigenvalue weighted by Gasteiger charge is -2.15. The maximum absolute atomic E-state index is 8.95. The summed E-state index contributed by atoms with van der Waals surface area (Å²) in [5.74, 6) is 0.787. The smallest absolute Gasteiger partial charge is 0.184 e. The first-order chi connectivity index (χ1) is 8.71. The predicted molar refractivity (Wildman–Crippen MR) is 76.5 cm³/mol. The highest BCUT2D eigenvalue weighted by Gasteiger charge is 2.10. The standard InChI is InChI=1S/C14H19BrN2O/c1-3-7-17-10-11-8-12(15)5-6-14(11)18-13(4-2)9-16/h5-6,8,13,17H,3-4,7,10H2,1-2H3. The van der Waals surface area contributed by atoms with Gasteiger partial charge < -0.3 is 10.1 Å². The molecule has 1 aromatic carbocycles. The van der Waals surface area contributed by atoms with Crippen molar-refractivity contribution in [3.63, 3.8) is 0 Å². The molecule has 0 spiro atoms. The van der Waals surface area contributed by atoms with Crippen LogP contribution < -0.4 is 10.1 Å². The highest BCUT2D eigenvalue weighted by atomic mass is 79.9. The van der Waals surface area contributed by atoms with E-state index in [2.05, 4.69) is 34.2 Å². The van der Waals surface area contributed by atoms with Crippen LogP contribution in [0.25, 0.3) is 0 Å². The molecule has 0 saturated carbocycles. The maximum atomic E-state index is 8.95. The van der Waals surface area contributed by atoms with Crippen molar-refractivity contribution in [2.75, 3.05) is 6.54 Å². The first-order valence-corrected chi connectivity index (χ1v) is 7.06. The van der Waals surface area contributed by atoms with Crippen molar-refractivity contribution in [1.82, 2.24) is 5.32 Å². The molecule has 1 N–H and O–H groups in total. The average molecular weight is 311 g/mol. The van der Waals surface area contributed by atoms with E-state index in [0.717, 1.165) is 35.3 Å². The molecule has 1 atom stereocenters. The van der Waals surface area contributed by atoms with Gasteiger partial charge in [0.15, 0.2) is 6.10 Å². The van der Waals surface area contributed by atoms with Gasteiger partial charge in [0.1, 0.15) is 11.8 Å². The lowest BCUT2D eigenvalue weighted by atomic mass is 10.2. The SMILES string of the molecule is CCCNCc1cc(Br)ccc1OC(C#N)CC. The minimum atomic E-state index is -0.379. The van der Waals surface area contributed by atoms with Gasteiger partial charge in [0.25, 0.3) is 0 Å². The predicted octanol–water partition coefficient (Wildman–Crippen LogP) is 3.63. The van der Waals surface area contributed by atoms with Crippen LogP contribution in [0.5, 0.6) is 5.75 Å². The molecule has 0 fully saturated rings. The van der Waals surface area contributed by atoms with Crippen molar-refractivity contribution in [2.24, 2.45) is 0 Å². The highest BCUT2D eigenvalue weighted by Crippen LogP contribution is 2.24. The summed E-state index contributed by atoms with van der Waals surface area (Å²) in [6.07, 6.45) is 1.41. The number of hydrogen-bond acceptors (Lipinski definition) is 3.